The highest BCUT2D eigenvalue weighted by Gasteiger charge is 2.46. The van der Waals surface area contributed by atoms with Crippen LogP contribution in [-0.2, 0) is 11.3 Å². The summed E-state index contributed by atoms with van der Waals surface area (Å²) in [6, 6.07) is 11.5. The van der Waals surface area contributed by atoms with E-state index in [1.807, 2.05) is 0 Å². The van der Waals surface area contributed by atoms with E-state index in [9.17, 15) is 4.79 Å². The predicted molar refractivity (Wildman–Crippen MR) is 81.4 cm³/mol. The Hall–Kier alpha value is -1.15. The number of fused-ring (bicyclic) bond motifs is 2. The molecule has 0 N–H and O–H groups in total. The SMILES string of the molecule is CCCC[C@H]1C[C@@H]2C(=O)CC[C@H]1N2Cc1ccccc1. The van der Waals surface area contributed by atoms with Crippen LogP contribution >= 0.6 is 0 Å². The van der Waals surface area contributed by atoms with Crippen molar-refractivity contribution >= 4 is 5.78 Å². The first kappa shape index (κ1) is 13.8. The van der Waals surface area contributed by atoms with Gasteiger partial charge in [0.05, 0.1) is 6.04 Å². The minimum Gasteiger partial charge on any atom is -0.298 e. The molecule has 1 aromatic rings. The minimum atomic E-state index is 0.204. The number of carbonyl (C=O) groups excluding carboxylic acids is 1. The van der Waals surface area contributed by atoms with Gasteiger partial charge in [-0.25, -0.2) is 0 Å². The molecule has 108 valence electrons. The summed E-state index contributed by atoms with van der Waals surface area (Å²) >= 11 is 0. The molecule has 3 atom stereocenters. The van der Waals surface area contributed by atoms with E-state index in [-0.39, 0.29) is 6.04 Å². The van der Waals surface area contributed by atoms with Gasteiger partial charge in [-0.15, -0.1) is 0 Å². The van der Waals surface area contributed by atoms with Crippen molar-refractivity contribution in [2.75, 3.05) is 0 Å². The average molecular weight is 271 g/mol. The number of carbonyl (C=O) groups is 1. The van der Waals surface area contributed by atoms with Crippen LogP contribution in [0.15, 0.2) is 30.3 Å². The van der Waals surface area contributed by atoms with Gasteiger partial charge in [0.15, 0.2) is 0 Å². The van der Waals surface area contributed by atoms with Crippen LogP contribution in [0.2, 0.25) is 0 Å². The second-order valence-corrected chi connectivity index (χ2v) is 6.38. The number of Topliss-reactive ketones (excluding diaryl/α,β-unsaturated/α-hetero) is 1. The van der Waals surface area contributed by atoms with E-state index in [0.29, 0.717) is 11.8 Å². The van der Waals surface area contributed by atoms with Crippen LogP contribution in [0.4, 0.5) is 0 Å². The fourth-order valence-electron chi connectivity index (χ4n) is 4.05. The lowest BCUT2D eigenvalue weighted by Crippen LogP contribution is -2.45. The maximum absolute atomic E-state index is 12.2. The Bertz CT molecular complexity index is 456. The number of rotatable bonds is 5. The Morgan fingerprint density at radius 1 is 1.25 bits per heavy atom. The van der Waals surface area contributed by atoms with Crippen molar-refractivity contribution in [1.29, 1.82) is 0 Å². The van der Waals surface area contributed by atoms with Gasteiger partial charge >= 0.3 is 0 Å². The van der Waals surface area contributed by atoms with Crippen LogP contribution < -0.4 is 0 Å². The number of hydrogen-bond donors (Lipinski definition) is 0. The summed E-state index contributed by atoms with van der Waals surface area (Å²) in [5.41, 5.74) is 1.34. The lowest BCUT2D eigenvalue weighted by Gasteiger charge is -2.35. The van der Waals surface area contributed by atoms with Gasteiger partial charge < -0.3 is 0 Å². The summed E-state index contributed by atoms with van der Waals surface area (Å²) in [5, 5.41) is 0. The molecule has 1 aromatic carbocycles. The molecule has 0 unspecified atom stereocenters. The number of ketones is 1. The number of hydrogen-bond acceptors (Lipinski definition) is 2. The maximum atomic E-state index is 12.2. The molecule has 2 heterocycles. The molecule has 0 aromatic heterocycles. The predicted octanol–water partition coefficient (Wildman–Crippen LogP) is 3.80. The summed E-state index contributed by atoms with van der Waals surface area (Å²) < 4.78 is 0. The van der Waals surface area contributed by atoms with Gasteiger partial charge in [0.1, 0.15) is 5.78 Å². The maximum Gasteiger partial charge on any atom is 0.150 e. The fraction of sp³-hybridized carbons (Fsp3) is 0.611. The van der Waals surface area contributed by atoms with Crippen molar-refractivity contribution in [1.82, 2.24) is 4.90 Å². The standard InChI is InChI=1S/C18H25NO/c1-2-3-9-15-12-17-18(20)11-10-16(15)19(17)13-14-7-5-4-6-8-14/h4-8,15-17H,2-3,9-13H2,1H3/t15-,16+,17+/m0/s1. The number of piperidine rings is 1. The average Bonchev–Trinajstić information content (AvgIpc) is 2.72. The summed E-state index contributed by atoms with van der Waals surface area (Å²) in [6.07, 6.45) is 6.87. The van der Waals surface area contributed by atoms with Gasteiger partial charge in [0, 0.05) is 19.0 Å². The second-order valence-electron chi connectivity index (χ2n) is 6.38. The van der Waals surface area contributed by atoms with Crippen molar-refractivity contribution in [3.05, 3.63) is 35.9 Å². The number of benzene rings is 1. The van der Waals surface area contributed by atoms with Crippen LogP contribution in [0.5, 0.6) is 0 Å². The van der Waals surface area contributed by atoms with E-state index in [2.05, 4.69) is 42.2 Å². The lowest BCUT2D eigenvalue weighted by molar-refractivity contribution is -0.126. The molecule has 20 heavy (non-hydrogen) atoms. The van der Waals surface area contributed by atoms with Crippen LogP contribution in [0.3, 0.4) is 0 Å². The van der Waals surface area contributed by atoms with Crippen molar-refractivity contribution in [2.45, 2.75) is 64.1 Å². The van der Waals surface area contributed by atoms with E-state index < -0.39 is 0 Å². The van der Waals surface area contributed by atoms with Gasteiger partial charge in [0.25, 0.3) is 0 Å². The Kier molecular flexibility index (Phi) is 4.21. The number of unbranched alkanes of at least 4 members (excludes halogenated alkanes) is 1. The Morgan fingerprint density at radius 3 is 2.80 bits per heavy atom. The van der Waals surface area contributed by atoms with Gasteiger partial charge in [-0.3, -0.25) is 9.69 Å². The summed E-state index contributed by atoms with van der Waals surface area (Å²) in [7, 11) is 0. The van der Waals surface area contributed by atoms with Crippen LogP contribution in [0, 0.1) is 5.92 Å². The Labute approximate surface area is 122 Å². The van der Waals surface area contributed by atoms with Crippen LogP contribution in [-0.4, -0.2) is 22.8 Å². The Morgan fingerprint density at radius 2 is 2.05 bits per heavy atom. The molecule has 3 rings (SSSR count). The molecule has 0 saturated carbocycles. The smallest absolute Gasteiger partial charge is 0.150 e. The van der Waals surface area contributed by atoms with Gasteiger partial charge in [0.2, 0.25) is 0 Å². The molecule has 2 heteroatoms. The van der Waals surface area contributed by atoms with Crippen molar-refractivity contribution in [3.8, 4) is 0 Å². The largest absolute Gasteiger partial charge is 0.298 e. The second kappa shape index (κ2) is 6.09. The molecular formula is C18H25NO. The molecule has 0 aliphatic carbocycles. The van der Waals surface area contributed by atoms with E-state index in [4.69, 9.17) is 0 Å². The zero-order valence-electron chi connectivity index (χ0n) is 12.4. The molecule has 0 spiro atoms. The number of nitrogens with zero attached hydrogens (tertiary/aromatic N) is 1. The molecule has 2 nitrogen and oxygen atoms in total. The zero-order chi connectivity index (χ0) is 13.9. The molecular weight excluding hydrogens is 246 g/mol. The minimum absolute atomic E-state index is 0.204. The third-order valence-corrected chi connectivity index (χ3v) is 5.09. The third kappa shape index (κ3) is 2.67. The monoisotopic (exact) mass is 271 g/mol. The van der Waals surface area contributed by atoms with Gasteiger partial charge in [-0.1, -0.05) is 50.1 Å². The molecule has 2 aliphatic rings. The van der Waals surface area contributed by atoms with Crippen molar-refractivity contribution in [2.24, 2.45) is 5.92 Å². The summed E-state index contributed by atoms with van der Waals surface area (Å²) in [4.78, 5) is 14.7. The topological polar surface area (TPSA) is 20.3 Å². The molecule has 0 radical (unpaired) electrons. The van der Waals surface area contributed by atoms with Crippen molar-refractivity contribution < 1.29 is 4.79 Å². The van der Waals surface area contributed by atoms with Gasteiger partial charge in [-0.2, -0.15) is 0 Å². The van der Waals surface area contributed by atoms with Gasteiger partial charge in [-0.05, 0) is 30.7 Å². The van der Waals surface area contributed by atoms with E-state index >= 15 is 0 Å². The first-order valence-corrected chi connectivity index (χ1v) is 8.12. The Balaban J connectivity index is 1.74. The first-order valence-electron chi connectivity index (χ1n) is 8.12. The first-order chi connectivity index (χ1) is 9.79. The van der Waals surface area contributed by atoms with Crippen molar-refractivity contribution in [3.63, 3.8) is 0 Å². The van der Waals surface area contributed by atoms with E-state index in [1.165, 1.54) is 24.8 Å². The highest BCUT2D eigenvalue weighted by atomic mass is 16.1. The molecule has 2 fully saturated rings. The van der Waals surface area contributed by atoms with Crippen LogP contribution in [0.25, 0.3) is 0 Å². The van der Waals surface area contributed by atoms with Crippen LogP contribution in [0.1, 0.15) is 51.0 Å². The van der Waals surface area contributed by atoms with E-state index in [1.54, 1.807) is 0 Å². The molecule has 2 bridgehead atoms. The summed E-state index contributed by atoms with van der Waals surface area (Å²) in [5.74, 6) is 1.23. The normalized spacial score (nSPS) is 29.9. The quantitative estimate of drug-likeness (QED) is 0.812. The molecule has 0 amide bonds. The van der Waals surface area contributed by atoms with E-state index in [0.717, 1.165) is 31.7 Å². The highest BCUT2D eigenvalue weighted by molar-refractivity contribution is 5.85. The zero-order valence-corrected chi connectivity index (χ0v) is 12.4. The lowest BCUT2D eigenvalue weighted by atomic mass is 9.92. The third-order valence-electron chi connectivity index (χ3n) is 5.09. The molecule has 2 saturated heterocycles. The fourth-order valence-corrected chi connectivity index (χ4v) is 4.05. The summed E-state index contributed by atoms with van der Waals surface area (Å²) in [6.45, 7) is 3.21. The highest BCUT2D eigenvalue weighted by Crippen LogP contribution is 2.41. The molecule has 2 aliphatic heterocycles.